The van der Waals surface area contributed by atoms with Gasteiger partial charge in [-0.3, -0.25) is 4.79 Å². The van der Waals surface area contributed by atoms with E-state index in [4.69, 9.17) is 0 Å². The first-order valence-electron chi connectivity index (χ1n) is 9.57. The average Bonchev–Trinajstić information content (AvgIpc) is 2.84. The molecule has 5 atom stereocenters. The summed E-state index contributed by atoms with van der Waals surface area (Å²) in [4.78, 5) is 11.9. The molecule has 0 aromatic carbocycles. The van der Waals surface area contributed by atoms with E-state index in [1.165, 1.54) is 23.1 Å². The SMILES string of the molecule is CCC1CC2=C(C)C3=CC(=O)CCC3CC2C2(O)CCC[C@]12C. The van der Waals surface area contributed by atoms with Gasteiger partial charge in [0.1, 0.15) is 0 Å². The molecule has 1 N–H and O–H groups in total. The van der Waals surface area contributed by atoms with E-state index in [2.05, 4.69) is 20.8 Å². The second-order valence-electron chi connectivity index (χ2n) is 8.74. The fourth-order valence-electron chi connectivity index (χ4n) is 6.59. The Labute approximate surface area is 140 Å². The van der Waals surface area contributed by atoms with Gasteiger partial charge in [0.2, 0.25) is 0 Å². The summed E-state index contributed by atoms with van der Waals surface area (Å²) in [5.41, 5.74) is 3.70. The van der Waals surface area contributed by atoms with Crippen molar-refractivity contribution >= 4 is 5.78 Å². The molecule has 0 heterocycles. The summed E-state index contributed by atoms with van der Waals surface area (Å²) in [6.45, 7) is 6.85. The predicted molar refractivity (Wildman–Crippen MR) is 91.9 cm³/mol. The Hall–Kier alpha value is -0.890. The van der Waals surface area contributed by atoms with E-state index in [0.717, 1.165) is 38.5 Å². The summed E-state index contributed by atoms with van der Waals surface area (Å²) in [6.07, 6.45) is 10.2. The molecule has 0 spiro atoms. The fourth-order valence-corrected chi connectivity index (χ4v) is 6.59. The van der Waals surface area contributed by atoms with Crippen molar-refractivity contribution in [1.82, 2.24) is 0 Å². The van der Waals surface area contributed by atoms with Gasteiger partial charge in [-0.2, -0.15) is 0 Å². The average molecular weight is 314 g/mol. The van der Waals surface area contributed by atoms with Gasteiger partial charge in [-0.15, -0.1) is 0 Å². The van der Waals surface area contributed by atoms with Gasteiger partial charge in [0, 0.05) is 17.8 Å². The number of aliphatic hydroxyl groups is 1. The zero-order valence-corrected chi connectivity index (χ0v) is 14.8. The van der Waals surface area contributed by atoms with Gasteiger partial charge in [-0.25, -0.2) is 0 Å². The van der Waals surface area contributed by atoms with Crippen LogP contribution in [-0.2, 0) is 4.79 Å². The predicted octanol–water partition coefficient (Wildman–Crippen LogP) is 4.58. The molecule has 0 radical (unpaired) electrons. The first-order chi connectivity index (χ1) is 10.9. The molecule has 0 aliphatic heterocycles. The number of carbonyl (C=O) groups is 1. The second kappa shape index (κ2) is 5.05. The lowest BCUT2D eigenvalue weighted by Gasteiger charge is -2.57. The molecule has 2 nitrogen and oxygen atoms in total. The highest BCUT2D eigenvalue weighted by molar-refractivity contribution is 5.92. The molecule has 0 amide bonds. The van der Waals surface area contributed by atoms with Gasteiger partial charge >= 0.3 is 0 Å². The molecule has 126 valence electrons. The number of hydrogen-bond acceptors (Lipinski definition) is 2. The van der Waals surface area contributed by atoms with E-state index in [9.17, 15) is 9.90 Å². The maximum absolute atomic E-state index is 11.9. The lowest BCUT2D eigenvalue weighted by atomic mass is 9.50. The van der Waals surface area contributed by atoms with E-state index in [0.29, 0.717) is 30.0 Å². The highest BCUT2D eigenvalue weighted by Gasteiger charge is 2.62. The molecule has 2 heteroatoms. The quantitative estimate of drug-likeness (QED) is 0.769. The summed E-state index contributed by atoms with van der Waals surface area (Å²) in [7, 11) is 0. The van der Waals surface area contributed by atoms with Crippen LogP contribution in [0.25, 0.3) is 0 Å². The number of fused-ring (bicyclic) bond motifs is 4. The van der Waals surface area contributed by atoms with Crippen molar-refractivity contribution in [3.8, 4) is 0 Å². The van der Waals surface area contributed by atoms with Crippen molar-refractivity contribution < 1.29 is 9.90 Å². The monoisotopic (exact) mass is 314 g/mol. The van der Waals surface area contributed by atoms with Crippen molar-refractivity contribution in [2.75, 3.05) is 0 Å². The molecule has 4 rings (SSSR count). The maximum atomic E-state index is 11.9. The van der Waals surface area contributed by atoms with Gasteiger partial charge in [-0.05, 0) is 74.5 Å². The van der Waals surface area contributed by atoms with Crippen molar-refractivity contribution in [2.24, 2.45) is 23.2 Å². The van der Waals surface area contributed by atoms with Crippen LogP contribution >= 0.6 is 0 Å². The smallest absolute Gasteiger partial charge is 0.156 e. The molecule has 4 aliphatic rings. The minimum absolute atomic E-state index is 0.0852. The topological polar surface area (TPSA) is 37.3 Å². The molecule has 0 bridgehead atoms. The van der Waals surface area contributed by atoms with Crippen molar-refractivity contribution in [1.29, 1.82) is 0 Å². The van der Waals surface area contributed by atoms with Crippen LogP contribution in [0.4, 0.5) is 0 Å². The Morgan fingerprint density at radius 2 is 2.13 bits per heavy atom. The number of allylic oxidation sites excluding steroid dienone is 3. The van der Waals surface area contributed by atoms with Crippen LogP contribution in [0.2, 0.25) is 0 Å². The Morgan fingerprint density at radius 1 is 1.35 bits per heavy atom. The molecule has 2 fully saturated rings. The molecule has 4 unspecified atom stereocenters. The first-order valence-corrected chi connectivity index (χ1v) is 9.57. The van der Waals surface area contributed by atoms with Crippen LogP contribution in [0.1, 0.15) is 72.1 Å². The summed E-state index contributed by atoms with van der Waals surface area (Å²) in [5.74, 6) is 1.69. The summed E-state index contributed by atoms with van der Waals surface area (Å²) in [6, 6.07) is 0. The zero-order chi connectivity index (χ0) is 16.4. The van der Waals surface area contributed by atoms with Crippen molar-refractivity contribution in [2.45, 2.75) is 77.7 Å². The second-order valence-corrected chi connectivity index (χ2v) is 8.74. The van der Waals surface area contributed by atoms with Gasteiger partial charge in [0.05, 0.1) is 5.60 Å². The van der Waals surface area contributed by atoms with Gasteiger partial charge < -0.3 is 5.11 Å². The molecule has 0 aromatic heterocycles. The largest absolute Gasteiger partial charge is 0.389 e. The van der Waals surface area contributed by atoms with Crippen LogP contribution in [0.15, 0.2) is 22.8 Å². The van der Waals surface area contributed by atoms with Crippen LogP contribution in [0, 0.1) is 23.2 Å². The molecule has 0 saturated heterocycles. The maximum Gasteiger partial charge on any atom is 0.156 e. The van der Waals surface area contributed by atoms with Crippen LogP contribution in [0.5, 0.6) is 0 Å². The molecular formula is C21H30O2. The first kappa shape index (κ1) is 15.6. The lowest BCUT2D eigenvalue weighted by Crippen LogP contribution is -2.57. The van der Waals surface area contributed by atoms with Gasteiger partial charge in [0.25, 0.3) is 0 Å². The van der Waals surface area contributed by atoms with Crippen molar-refractivity contribution in [3.63, 3.8) is 0 Å². The van der Waals surface area contributed by atoms with E-state index in [1.54, 1.807) is 0 Å². The van der Waals surface area contributed by atoms with E-state index >= 15 is 0 Å². The highest BCUT2D eigenvalue weighted by Crippen LogP contribution is 2.65. The number of rotatable bonds is 1. The lowest BCUT2D eigenvalue weighted by molar-refractivity contribution is -0.139. The van der Waals surface area contributed by atoms with Crippen LogP contribution < -0.4 is 0 Å². The number of hydrogen-bond donors (Lipinski definition) is 1. The van der Waals surface area contributed by atoms with E-state index in [1.807, 2.05) is 6.08 Å². The third-order valence-electron chi connectivity index (χ3n) is 8.03. The van der Waals surface area contributed by atoms with Crippen LogP contribution in [0.3, 0.4) is 0 Å². The van der Waals surface area contributed by atoms with Crippen molar-refractivity contribution in [3.05, 3.63) is 22.8 Å². The summed E-state index contributed by atoms with van der Waals surface area (Å²) in [5, 5.41) is 11.8. The van der Waals surface area contributed by atoms with Gasteiger partial charge in [0.15, 0.2) is 5.78 Å². The zero-order valence-electron chi connectivity index (χ0n) is 14.8. The third-order valence-corrected chi connectivity index (χ3v) is 8.03. The molecule has 0 aromatic rings. The molecule has 23 heavy (non-hydrogen) atoms. The van der Waals surface area contributed by atoms with E-state index < -0.39 is 5.60 Å². The Morgan fingerprint density at radius 3 is 2.87 bits per heavy atom. The van der Waals surface area contributed by atoms with Gasteiger partial charge in [-0.1, -0.05) is 25.8 Å². The summed E-state index contributed by atoms with van der Waals surface area (Å²) >= 11 is 0. The van der Waals surface area contributed by atoms with Crippen LogP contribution in [-0.4, -0.2) is 16.5 Å². The molecule has 4 aliphatic carbocycles. The van der Waals surface area contributed by atoms with E-state index in [-0.39, 0.29) is 5.41 Å². The number of carbonyl (C=O) groups excluding carboxylic acids is 1. The minimum Gasteiger partial charge on any atom is -0.389 e. The Bertz CT molecular complexity index is 613. The minimum atomic E-state index is -0.518. The normalized spacial score (nSPS) is 46.2. The Balaban J connectivity index is 1.85. The number of ketones is 1. The summed E-state index contributed by atoms with van der Waals surface area (Å²) < 4.78 is 0. The standard InChI is InChI=1S/C21H30O2/c1-4-15-11-18-13(2)17-12-16(22)7-6-14(17)10-19(18)21(23)9-5-8-20(15,21)3/h12,14-15,19,23H,4-11H2,1-3H3/t14?,15?,19?,20-,21?/m1/s1. The molecule has 2 saturated carbocycles. The fraction of sp³-hybridized carbons (Fsp3) is 0.762. The Kier molecular flexibility index (Phi) is 3.43. The highest BCUT2D eigenvalue weighted by atomic mass is 16.3. The molecular weight excluding hydrogens is 284 g/mol. The third kappa shape index (κ3) is 1.94.